The highest BCUT2D eigenvalue weighted by Crippen LogP contribution is 2.31. The summed E-state index contributed by atoms with van der Waals surface area (Å²) >= 11 is 0. The topological polar surface area (TPSA) is 0 Å². The van der Waals surface area contributed by atoms with Gasteiger partial charge in [0.25, 0.3) is 0 Å². The standard InChI is InChI=1S/C18H22.C2H6.H2/c1-5-14(3)15(4)16-9-10-18(12-16)17-8-6-7-13(2)11-17;1-2;/h6-8,10-12H,5,9H2,1-4H3;1-2H3;1H/b15-14+;;. The van der Waals surface area contributed by atoms with Crippen LogP contribution in [0.25, 0.3) is 5.57 Å². The highest BCUT2D eigenvalue weighted by molar-refractivity contribution is 5.79. The Hall–Kier alpha value is -1.56. The zero-order chi connectivity index (χ0) is 15.1. The van der Waals surface area contributed by atoms with Gasteiger partial charge in [0.2, 0.25) is 0 Å². The number of aryl methyl sites for hydroxylation is 1. The van der Waals surface area contributed by atoms with Crippen LogP contribution in [0.3, 0.4) is 0 Å². The van der Waals surface area contributed by atoms with Gasteiger partial charge >= 0.3 is 0 Å². The van der Waals surface area contributed by atoms with Crippen LogP contribution in [-0.2, 0) is 0 Å². The SMILES string of the molecule is CC.CC/C(C)=C(\C)C1=CC(c2cccc(C)c2)=CC1.[HH]. The van der Waals surface area contributed by atoms with E-state index in [-0.39, 0.29) is 1.43 Å². The van der Waals surface area contributed by atoms with Gasteiger partial charge in [-0.25, -0.2) is 0 Å². The Kier molecular flexibility index (Phi) is 6.51. The second-order valence-corrected chi connectivity index (χ2v) is 5.16. The molecule has 0 fully saturated rings. The molecule has 0 bridgehead atoms. The van der Waals surface area contributed by atoms with Gasteiger partial charge < -0.3 is 0 Å². The predicted molar refractivity (Wildman–Crippen MR) is 94.0 cm³/mol. The quantitative estimate of drug-likeness (QED) is 0.571. The van der Waals surface area contributed by atoms with Gasteiger partial charge in [-0.1, -0.05) is 68.3 Å². The van der Waals surface area contributed by atoms with Crippen molar-refractivity contribution < 1.29 is 1.43 Å². The van der Waals surface area contributed by atoms with Gasteiger partial charge in [0.1, 0.15) is 0 Å². The molecule has 1 aliphatic rings. The van der Waals surface area contributed by atoms with E-state index in [0.29, 0.717) is 0 Å². The minimum absolute atomic E-state index is 0. The maximum Gasteiger partial charge on any atom is 0 e. The van der Waals surface area contributed by atoms with Crippen LogP contribution in [0.1, 0.15) is 60.0 Å². The molecule has 0 saturated carbocycles. The molecular weight excluding hydrogens is 240 g/mol. The lowest BCUT2D eigenvalue weighted by atomic mass is 9.99. The summed E-state index contributed by atoms with van der Waals surface area (Å²) in [6.45, 7) is 12.9. The van der Waals surface area contributed by atoms with Crippen molar-refractivity contribution in [1.29, 1.82) is 0 Å². The van der Waals surface area contributed by atoms with Crippen molar-refractivity contribution in [2.45, 2.75) is 54.4 Å². The average molecular weight is 270 g/mol. The van der Waals surface area contributed by atoms with E-state index in [0.717, 1.165) is 12.8 Å². The molecular formula is C20H30. The molecule has 0 heterocycles. The van der Waals surface area contributed by atoms with E-state index in [2.05, 4.69) is 64.1 Å². The van der Waals surface area contributed by atoms with Crippen LogP contribution in [0.15, 0.2) is 53.1 Å². The highest BCUT2D eigenvalue weighted by Gasteiger charge is 2.11. The fourth-order valence-corrected chi connectivity index (χ4v) is 2.35. The number of hydrogen-bond acceptors (Lipinski definition) is 0. The summed E-state index contributed by atoms with van der Waals surface area (Å²) in [5.41, 5.74) is 8.48. The van der Waals surface area contributed by atoms with E-state index in [1.165, 1.54) is 33.4 Å². The Bertz CT molecular complexity index is 545. The first kappa shape index (κ1) is 16.5. The van der Waals surface area contributed by atoms with Gasteiger partial charge in [0.05, 0.1) is 0 Å². The molecule has 0 aromatic heterocycles. The van der Waals surface area contributed by atoms with Crippen molar-refractivity contribution >= 4 is 5.57 Å². The molecule has 0 spiro atoms. The first-order valence-corrected chi connectivity index (χ1v) is 7.76. The first-order valence-electron chi connectivity index (χ1n) is 7.76. The van der Waals surface area contributed by atoms with Crippen LogP contribution in [0.4, 0.5) is 0 Å². The summed E-state index contributed by atoms with van der Waals surface area (Å²) in [5.74, 6) is 0. The Morgan fingerprint density at radius 1 is 1.20 bits per heavy atom. The minimum atomic E-state index is 0. The monoisotopic (exact) mass is 270 g/mol. The van der Waals surface area contributed by atoms with E-state index in [1.54, 1.807) is 0 Å². The normalized spacial score (nSPS) is 14.9. The molecule has 1 aromatic rings. The van der Waals surface area contributed by atoms with Crippen molar-refractivity contribution in [3.63, 3.8) is 0 Å². The van der Waals surface area contributed by atoms with Crippen molar-refractivity contribution in [3.8, 4) is 0 Å². The third-order valence-electron chi connectivity index (χ3n) is 3.88. The molecule has 110 valence electrons. The van der Waals surface area contributed by atoms with Crippen molar-refractivity contribution in [1.82, 2.24) is 0 Å². The Morgan fingerprint density at radius 3 is 2.50 bits per heavy atom. The number of benzene rings is 1. The van der Waals surface area contributed by atoms with Crippen molar-refractivity contribution in [3.05, 3.63) is 64.3 Å². The zero-order valence-corrected chi connectivity index (χ0v) is 13.9. The van der Waals surface area contributed by atoms with Crippen molar-refractivity contribution in [2.24, 2.45) is 0 Å². The number of allylic oxidation sites excluding steroid dienone is 6. The Labute approximate surface area is 126 Å². The van der Waals surface area contributed by atoms with E-state index < -0.39 is 0 Å². The smallest absolute Gasteiger partial charge is 0 e. The van der Waals surface area contributed by atoms with Gasteiger partial charge in [-0.3, -0.25) is 0 Å². The fourth-order valence-electron chi connectivity index (χ4n) is 2.35. The van der Waals surface area contributed by atoms with Crippen LogP contribution >= 0.6 is 0 Å². The van der Waals surface area contributed by atoms with Gasteiger partial charge in [0, 0.05) is 1.43 Å². The summed E-state index contributed by atoms with van der Waals surface area (Å²) < 4.78 is 0. The molecule has 0 amide bonds. The van der Waals surface area contributed by atoms with Crippen LogP contribution in [0.2, 0.25) is 0 Å². The average Bonchev–Trinajstić information content (AvgIpc) is 2.97. The van der Waals surface area contributed by atoms with Gasteiger partial charge in [-0.15, -0.1) is 0 Å². The molecule has 2 rings (SSSR count). The first-order chi connectivity index (χ1) is 9.61. The van der Waals surface area contributed by atoms with E-state index in [4.69, 9.17) is 0 Å². The van der Waals surface area contributed by atoms with E-state index in [1.807, 2.05) is 13.8 Å². The number of hydrogen-bond donors (Lipinski definition) is 0. The van der Waals surface area contributed by atoms with E-state index in [9.17, 15) is 0 Å². The van der Waals surface area contributed by atoms with E-state index >= 15 is 0 Å². The summed E-state index contributed by atoms with van der Waals surface area (Å²) in [4.78, 5) is 0. The lowest BCUT2D eigenvalue weighted by Gasteiger charge is -2.06. The fraction of sp³-hybridized carbons (Fsp3) is 0.400. The molecule has 0 N–H and O–H groups in total. The predicted octanol–water partition coefficient (Wildman–Crippen LogP) is 6.73. The minimum Gasteiger partial charge on any atom is -0.0722 e. The van der Waals surface area contributed by atoms with Crippen LogP contribution in [0.5, 0.6) is 0 Å². The maximum atomic E-state index is 2.35. The molecule has 0 radical (unpaired) electrons. The largest absolute Gasteiger partial charge is 0.0722 e. The van der Waals surface area contributed by atoms with Crippen LogP contribution < -0.4 is 0 Å². The third-order valence-corrected chi connectivity index (χ3v) is 3.88. The molecule has 0 saturated heterocycles. The molecule has 1 aromatic carbocycles. The number of rotatable bonds is 3. The molecule has 0 heteroatoms. The molecule has 0 aliphatic heterocycles. The maximum absolute atomic E-state index is 2.35. The summed E-state index contributed by atoms with van der Waals surface area (Å²) in [7, 11) is 0. The summed E-state index contributed by atoms with van der Waals surface area (Å²) in [6.07, 6.45) is 6.91. The molecule has 1 aliphatic carbocycles. The zero-order valence-electron chi connectivity index (χ0n) is 13.9. The Balaban J connectivity index is 0.00000128. The Morgan fingerprint density at radius 2 is 1.90 bits per heavy atom. The second-order valence-electron chi connectivity index (χ2n) is 5.16. The van der Waals surface area contributed by atoms with Crippen LogP contribution in [0, 0.1) is 6.92 Å². The molecule has 0 nitrogen and oxygen atoms in total. The van der Waals surface area contributed by atoms with Crippen molar-refractivity contribution in [2.75, 3.05) is 0 Å². The van der Waals surface area contributed by atoms with Crippen LogP contribution in [-0.4, -0.2) is 0 Å². The second kappa shape index (κ2) is 7.89. The highest BCUT2D eigenvalue weighted by atomic mass is 14.2. The lowest BCUT2D eigenvalue weighted by molar-refractivity contribution is 1.05. The van der Waals surface area contributed by atoms with Gasteiger partial charge in [-0.2, -0.15) is 0 Å². The van der Waals surface area contributed by atoms with Gasteiger partial charge in [0.15, 0.2) is 0 Å². The lowest BCUT2D eigenvalue weighted by Crippen LogP contribution is -1.86. The third kappa shape index (κ3) is 3.96. The molecule has 0 unspecified atom stereocenters. The summed E-state index contributed by atoms with van der Waals surface area (Å²) in [5, 5.41) is 0. The summed E-state index contributed by atoms with van der Waals surface area (Å²) in [6, 6.07) is 8.74. The molecule has 0 atom stereocenters. The van der Waals surface area contributed by atoms with Gasteiger partial charge in [-0.05, 0) is 55.9 Å². The molecule has 20 heavy (non-hydrogen) atoms.